The second kappa shape index (κ2) is 11.8. The summed E-state index contributed by atoms with van der Waals surface area (Å²) < 4.78 is 27.0. The highest BCUT2D eigenvalue weighted by atomic mass is 35.5. The molecule has 43 heavy (non-hydrogen) atoms. The minimum absolute atomic E-state index is 0.102. The first-order chi connectivity index (χ1) is 20.9. The summed E-state index contributed by atoms with van der Waals surface area (Å²) in [6, 6.07) is 22.4. The Morgan fingerprint density at radius 1 is 0.930 bits per heavy atom. The van der Waals surface area contributed by atoms with Gasteiger partial charge in [-0.05, 0) is 66.2 Å². The van der Waals surface area contributed by atoms with Crippen LogP contribution in [0.1, 0.15) is 26.4 Å². The smallest absolute Gasteiger partial charge is 0.343 e. The number of H-pyrrole nitrogens is 1. The molecule has 0 unspecified atom stereocenters. The number of ether oxygens (including phenoxy) is 5. The van der Waals surface area contributed by atoms with Gasteiger partial charge in [-0.25, -0.2) is 10.2 Å². The SMILES string of the molecule is COc1ccc2[nH]c(C(=O)NN=Cc3ccc(OC(=O)c4ccc5c(c4)OCO5)c(OC)c3)c(-c3ccccc3Cl)c2c1. The molecule has 2 N–H and O–H groups in total. The predicted octanol–water partition coefficient (Wildman–Crippen LogP) is 6.22. The Bertz CT molecular complexity index is 1900. The molecule has 10 nitrogen and oxygen atoms in total. The van der Waals surface area contributed by atoms with Crippen molar-refractivity contribution in [3.63, 3.8) is 0 Å². The number of hydrazone groups is 1. The van der Waals surface area contributed by atoms with Crippen LogP contribution in [0.25, 0.3) is 22.0 Å². The third-order valence-corrected chi connectivity index (χ3v) is 7.08. The van der Waals surface area contributed by atoms with Crippen LogP contribution in [0.5, 0.6) is 28.7 Å². The summed E-state index contributed by atoms with van der Waals surface area (Å²) >= 11 is 6.52. The molecule has 1 aliphatic rings. The van der Waals surface area contributed by atoms with Crippen molar-refractivity contribution in [2.75, 3.05) is 21.0 Å². The van der Waals surface area contributed by atoms with Crippen LogP contribution < -0.4 is 29.1 Å². The predicted molar refractivity (Wildman–Crippen MR) is 161 cm³/mol. The number of fused-ring (bicyclic) bond motifs is 2. The largest absolute Gasteiger partial charge is 0.497 e. The number of carbonyl (C=O) groups excluding carboxylic acids is 2. The number of methoxy groups -OCH3 is 2. The molecule has 5 aromatic rings. The van der Waals surface area contributed by atoms with Gasteiger partial charge in [-0.3, -0.25) is 4.79 Å². The van der Waals surface area contributed by atoms with Gasteiger partial charge in [-0.15, -0.1) is 0 Å². The lowest BCUT2D eigenvalue weighted by molar-refractivity contribution is 0.0729. The van der Waals surface area contributed by atoms with E-state index in [4.69, 9.17) is 35.3 Å². The van der Waals surface area contributed by atoms with Gasteiger partial charge in [0.25, 0.3) is 5.91 Å². The molecule has 0 aliphatic carbocycles. The Hall–Kier alpha value is -5.48. The van der Waals surface area contributed by atoms with Crippen molar-refractivity contribution in [2.45, 2.75) is 0 Å². The van der Waals surface area contributed by atoms with Crippen LogP contribution in [0.4, 0.5) is 0 Å². The summed E-state index contributed by atoms with van der Waals surface area (Å²) in [5.41, 5.74) is 5.80. The molecular formula is C32H24ClN3O7. The highest BCUT2D eigenvalue weighted by Crippen LogP contribution is 2.38. The number of rotatable bonds is 8. The van der Waals surface area contributed by atoms with Crippen molar-refractivity contribution in [1.82, 2.24) is 10.4 Å². The minimum Gasteiger partial charge on any atom is -0.497 e. The zero-order valence-corrected chi connectivity index (χ0v) is 23.7. The first kappa shape index (κ1) is 27.7. The maximum Gasteiger partial charge on any atom is 0.343 e. The van der Waals surface area contributed by atoms with E-state index in [1.54, 1.807) is 55.6 Å². The third kappa shape index (κ3) is 5.55. The molecule has 0 saturated carbocycles. The van der Waals surface area contributed by atoms with E-state index in [0.717, 1.165) is 10.9 Å². The van der Waals surface area contributed by atoms with Gasteiger partial charge in [0.15, 0.2) is 23.0 Å². The normalized spacial score (nSPS) is 12.0. The van der Waals surface area contributed by atoms with Gasteiger partial charge >= 0.3 is 5.97 Å². The van der Waals surface area contributed by atoms with E-state index in [1.807, 2.05) is 30.3 Å². The number of halogens is 1. The Labute approximate surface area is 250 Å². The van der Waals surface area contributed by atoms with E-state index >= 15 is 0 Å². The number of benzene rings is 4. The summed E-state index contributed by atoms with van der Waals surface area (Å²) in [5, 5.41) is 5.41. The van der Waals surface area contributed by atoms with Gasteiger partial charge in [0.1, 0.15) is 11.4 Å². The zero-order chi connectivity index (χ0) is 29.9. The molecule has 0 spiro atoms. The van der Waals surface area contributed by atoms with E-state index < -0.39 is 11.9 Å². The second-order valence-electron chi connectivity index (χ2n) is 9.33. The highest BCUT2D eigenvalue weighted by Gasteiger charge is 2.22. The van der Waals surface area contributed by atoms with Gasteiger partial charge in [0, 0.05) is 27.1 Å². The van der Waals surface area contributed by atoms with Crippen molar-refractivity contribution in [3.05, 3.63) is 101 Å². The Morgan fingerprint density at radius 2 is 1.77 bits per heavy atom. The summed E-state index contributed by atoms with van der Waals surface area (Å²) in [6.45, 7) is 0.102. The van der Waals surface area contributed by atoms with Crippen LogP contribution in [0, 0.1) is 0 Å². The van der Waals surface area contributed by atoms with Crippen LogP contribution in [0.3, 0.4) is 0 Å². The topological polar surface area (TPSA) is 120 Å². The Morgan fingerprint density at radius 3 is 2.58 bits per heavy atom. The lowest BCUT2D eigenvalue weighted by Gasteiger charge is -2.10. The Balaban J connectivity index is 1.21. The van der Waals surface area contributed by atoms with Crippen LogP contribution in [-0.4, -0.2) is 44.1 Å². The van der Waals surface area contributed by atoms with E-state index in [9.17, 15) is 9.59 Å². The number of hydrogen-bond donors (Lipinski definition) is 2. The number of hydrogen-bond acceptors (Lipinski definition) is 8. The lowest BCUT2D eigenvalue weighted by Crippen LogP contribution is -2.19. The first-order valence-electron chi connectivity index (χ1n) is 13.0. The van der Waals surface area contributed by atoms with Crippen molar-refractivity contribution in [2.24, 2.45) is 5.10 Å². The van der Waals surface area contributed by atoms with Gasteiger partial charge in [0.05, 0.1) is 26.0 Å². The molecule has 2 heterocycles. The van der Waals surface area contributed by atoms with Gasteiger partial charge < -0.3 is 28.7 Å². The van der Waals surface area contributed by atoms with Crippen molar-refractivity contribution in [3.8, 4) is 39.9 Å². The number of esters is 1. The van der Waals surface area contributed by atoms with E-state index in [1.165, 1.54) is 13.3 Å². The molecule has 1 aromatic heterocycles. The molecule has 0 atom stereocenters. The summed E-state index contributed by atoms with van der Waals surface area (Å²) in [6.07, 6.45) is 1.45. The number of aromatic nitrogens is 1. The maximum atomic E-state index is 13.3. The van der Waals surface area contributed by atoms with E-state index in [0.29, 0.717) is 50.3 Å². The van der Waals surface area contributed by atoms with Crippen LogP contribution >= 0.6 is 11.6 Å². The molecule has 216 valence electrons. The third-order valence-electron chi connectivity index (χ3n) is 6.75. The van der Waals surface area contributed by atoms with Gasteiger partial charge in [-0.1, -0.05) is 29.8 Å². The molecule has 11 heteroatoms. The van der Waals surface area contributed by atoms with E-state index in [2.05, 4.69) is 15.5 Å². The maximum absolute atomic E-state index is 13.3. The van der Waals surface area contributed by atoms with Crippen LogP contribution in [0.15, 0.2) is 84.0 Å². The molecule has 0 bridgehead atoms. The fourth-order valence-corrected chi connectivity index (χ4v) is 4.89. The van der Waals surface area contributed by atoms with Crippen LogP contribution in [0.2, 0.25) is 5.02 Å². The average Bonchev–Trinajstić information content (AvgIpc) is 3.66. The number of aromatic amines is 1. The average molecular weight is 598 g/mol. The molecule has 4 aromatic carbocycles. The summed E-state index contributed by atoms with van der Waals surface area (Å²) in [5.74, 6) is 1.14. The fraction of sp³-hybridized carbons (Fsp3) is 0.0938. The van der Waals surface area contributed by atoms with Gasteiger partial charge in [0.2, 0.25) is 6.79 Å². The molecule has 0 radical (unpaired) electrons. The first-order valence-corrected chi connectivity index (χ1v) is 13.4. The number of carbonyl (C=O) groups is 2. The highest BCUT2D eigenvalue weighted by molar-refractivity contribution is 6.34. The molecule has 0 saturated heterocycles. The van der Waals surface area contributed by atoms with Crippen molar-refractivity contribution < 1.29 is 33.3 Å². The van der Waals surface area contributed by atoms with Crippen molar-refractivity contribution in [1.29, 1.82) is 0 Å². The Kier molecular flexibility index (Phi) is 7.59. The number of nitrogens with one attached hydrogen (secondary N) is 2. The van der Waals surface area contributed by atoms with Crippen LogP contribution in [-0.2, 0) is 0 Å². The quantitative estimate of drug-likeness (QED) is 0.0943. The lowest BCUT2D eigenvalue weighted by atomic mass is 10.0. The second-order valence-corrected chi connectivity index (χ2v) is 9.74. The zero-order valence-electron chi connectivity index (χ0n) is 23.0. The summed E-state index contributed by atoms with van der Waals surface area (Å²) in [4.78, 5) is 29.3. The monoisotopic (exact) mass is 597 g/mol. The number of nitrogens with zero attached hydrogens (tertiary/aromatic N) is 1. The molecule has 6 rings (SSSR count). The van der Waals surface area contributed by atoms with E-state index in [-0.39, 0.29) is 18.2 Å². The molecular weight excluding hydrogens is 574 g/mol. The van der Waals surface area contributed by atoms with Gasteiger partial charge in [-0.2, -0.15) is 5.10 Å². The molecule has 0 fully saturated rings. The number of amides is 1. The molecule has 1 amide bonds. The van der Waals surface area contributed by atoms with Crippen molar-refractivity contribution >= 4 is 40.6 Å². The fourth-order valence-electron chi connectivity index (χ4n) is 4.66. The minimum atomic E-state index is -0.587. The summed E-state index contributed by atoms with van der Waals surface area (Å²) in [7, 11) is 3.04. The molecule has 1 aliphatic heterocycles. The standard InChI is InChI=1S/C32H24ClN3O7/c1-39-20-9-10-24-22(15-20)29(21-5-3-4-6-23(21)33)30(35-24)31(37)36-34-16-18-7-11-26(27(13-18)40-2)43-32(38)19-8-12-25-28(14-19)42-17-41-25/h3-16,35H,17H2,1-2H3,(H,36,37).